The van der Waals surface area contributed by atoms with Crippen LogP contribution >= 0.6 is 0 Å². The van der Waals surface area contributed by atoms with Crippen molar-refractivity contribution in [3.05, 3.63) is 96.8 Å². The Morgan fingerprint density at radius 2 is 1.03 bits per heavy atom. The summed E-state index contributed by atoms with van der Waals surface area (Å²) in [5, 5.41) is 11.3. The molecule has 0 spiro atoms. The molecule has 0 radical (unpaired) electrons. The van der Waals surface area contributed by atoms with Gasteiger partial charge in [0.1, 0.15) is 11.5 Å². The number of rotatable bonds is 12. The quantitative estimate of drug-likeness (QED) is 0.222. The molecule has 0 aliphatic rings. The topological polar surface area (TPSA) is 143 Å². The van der Waals surface area contributed by atoms with Crippen molar-refractivity contribution < 1.29 is 26.8 Å². The maximum absolute atomic E-state index is 13.0. The van der Waals surface area contributed by atoms with E-state index in [1.165, 1.54) is 48.5 Å². The van der Waals surface area contributed by atoms with Gasteiger partial charge in [-0.15, -0.1) is 0 Å². The van der Waals surface area contributed by atoms with Crippen molar-refractivity contribution in [3.8, 4) is 0 Å². The molecule has 0 saturated heterocycles. The van der Waals surface area contributed by atoms with E-state index in [2.05, 4.69) is 21.3 Å². The number of furan rings is 2. The van der Waals surface area contributed by atoms with Crippen LogP contribution in [0.2, 0.25) is 0 Å². The number of sulfone groups is 1. The fourth-order valence-electron chi connectivity index (χ4n) is 3.41. The monoisotopic (exact) mass is 522 g/mol. The van der Waals surface area contributed by atoms with E-state index in [0.29, 0.717) is 24.5 Å². The predicted molar refractivity (Wildman–Crippen MR) is 136 cm³/mol. The molecule has 4 N–H and O–H groups in total. The third-order valence-electron chi connectivity index (χ3n) is 5.23. The van der Waals surface area contributed by atoms with E-state index < -0.39 is 9.84 Å². The fraction of sp³-hybridized carbons (Fsp3) is 0.154. The molecule has 2 aromatic heterocycles. The molecule has 0 saturated carbocycles. The van der Waals surface area contributed by atoms with Gasteiger partial charge in [0.25, 0.3) is 0 Å². The number of carbonyl (C=O) groups is 2. The fourth-order valence-corrected chi connectivity index (χ4v) is 4.67. The number of amides is 2. The van der Waals surface area contributed by atoms with Crippen LogP contribution in [-0.4, -0.2) is 33.3 Å². The molecular weight excluding hydrogens is 496 g/mol. The van der Waals surface area contributed by atoms with Gasteiger partial charge in [-0.3, -0.25) is 9.59 Å². The molecule has 11 heteroatoms. The number of carbonyl (C=O) groups excluding carboxylic acids is 2. The highest BCUT2D eigenvalue weighted by molar-refractivity contribution is 7.91. The van der Waals surface area contributed by atoms with Crippen LogP contribution in [0.3, 0.4) is 0 Å². The number of nitrogens with one attached hydrogen (secondary N) is 4. The van der Waals surface area contributed by atoms with Gasteiger partial charge in [0.2, 0.25) is 21.7 Å². The minimum atomic E-state index is -3.78. The molecule has 0 aliphatic heterocycles. The van der Waals surface area contributed by atoms with Gasteiger partial charge in [0.15, 0.2) is 0 Å². The van der Waals surface area contributed by atoms with E-state index in [9.17, 15) is 18.0 Å². The highest BCUT2D eigenvalue weighted by Crippen LogP contribution is 2.23. The molecule has 2 aromatic carbocycles. The number of benzene rings is 2. The maximum Gasteiger partial charge on any atom is 0.238 e. The molecule has 192 valence electrons. The van der Waals surface area contributed by atoms with Crippen molar-refractivity contribution in [2.45, 2.75) is 22.9 Å². The Labute approximate surface area is 214 Å². The summed E-state index contributed by atoms with van der Waals surface area (Å²) in [6, 6.07) is 19.0. The van der Waals surface area contributed by atoms with E-state index in [-0.39, 0.29) is 34.7 Å². The normalized spacial score (nSPS) is 11.2. The van der Waals surface area contributed by atoms with Gasteiger partial charge in [-0.2, -0.15) is 0 Å². The maximum atomic E-state index is 13.0. The van der Waals surface area contributed by atoms with Gasteiger partial charge in [-0.25, -0.2) is 8.42 Å². The molecule has 0 aliphatic carbocycles. The van der Waals surface area contributed by atoms with Crippen molar-refractivity contribution in [2.24, 2.45) is 0 Å². The third kappa shape index (κ3) is 7.40. The van der Waals surface area contributed by atoms with Crippen molar-refractivity contribution in [1.29, 1.82) is 0 Å². The Kier molecular flexibility index (Phi) is 8.52. The minimum Gasteiger partial charge on any atom is -0.468 e. The lowest BCUT2D eigenvalue weighted by molar-refractivity contribution is -0.116. The molecule has 0 fully saturated rings. The minimum absolute atomic E-state index is 0.0731. The predicted octanol–water partition coefficient (Wildman–Crippen LogP) is 3.16. The zero-order chi connectivity index (χ0) is 26.1. The number of hydrogen-bond donors (Lipinski definition) is 4. The zero-order valence-electron chi connectivity index (χ0n) is 19.8. The summed E-state index contributed by atoms with van der Waals surface area (Å²) in [6.07, 6.45) is 3.12. The molecule has 0 bridgehead atoms. The second-order valence-electron chi connectivity index (χ2n) is 8.01. The molecule has 37 heavy (non-hydrogen) atoms. The summed E-state index contributed by atoms with van der Waals surface area (Å²) in [4.78, 5) is 24.4. The van der Waals surface area contributed by atoms with Crippen LogP contribution in [0.25, 0.3) is 0 Å². The lowest BCUT2D eigenvalue weighted by Gasteiger charge is -2.09. The first-order valence-electron chi connectivity index (χ1n) is 11.4. The Morgan fingerprint density at radius 3 is 1.38 bits per heavy atom. The first kappa shape index (κ1) is 25.9. The van der Waals surface area contributed by atoms with Gasteiger partial charge in [0.05, 0.1) is 48.5 Å². The van der Waals surface area contributed by atoms with Crippen molar-refractivity contribution in [1.82, 2.24) is 10.6 Å². The van der Waals surface area contributed by atoms with Crippen molar-refractivity contribution in [3.63, 3.8) is 0 Å². The summed E-state index contributed by atoms with van der Waals surface area (Å²) in [5.41, 5.74) is 0.949. The van der Waals surface area contributed by atoms with Crippen LogP contribution in [0.4, 0.5) is 11.4 Å². The summed E-state index contributed by atoms with van der Waals surface area (Å²) >= 11 is 0. The average molecular weight is 523 g/mol. The van der Waals surface area contributed by atoms with Crippen LogP contribution in [0.1, 0.15) is 11.5 Å². The molecule has 2 heterocycles. The second kappa shape index (κ2) is 12.2. The van der Waals surface area contributed by atoms with Crippen molar-refractivity contribution in [2.75, 3.05) is 23.7 Å². The lowest BCUT2D eigenvalue weighted by Crippen LogP contribution is -2.27. The van der Waals surface area contributed by atoms with E-state index in [1.54, 1.807) is 36.8 Å². The summed E-state index contributed by atoms with van der Waals surface area (Å²) in [6.45, 7) is 0.985. The zero-order valence-corrected chi connectivity index (χ0v) is 20.6. The van der Waals surface area contributed by atoms with E-state index in [1.807, 2.05) is 0 Å². The van der Waals surface area contributed by atoms with E-state index in [4.69, 9.17) is 8.83 Å². The molecule has 10 nitrogen and oxygen atoms in total. The molecule has 0 unspecified atom stereocenters. The van der Waals surface area contributed by atoms with Crippen LogP contribution in [0.15, 0.2) is 104 Å². The van der Waals surface area contributed by atoms with Crippen LogP contribution in [0, 0.1) is 0 Å². The molecular formula is C26H26N4O6S. The Morgan fingerprint density at radius 1 is 0.622 bits per heavy atom. The molecule has 2 amide bonds. The number of anilines is 2. The van der Waals surface area contributed by atoms with Crippen molar-refractivity contribution >= 4 is 33.0 Å². The van der Waals surface area contributed by atoms with Crippen LogP contribution in [-0.2, 0) is 32.5 Å². The Hall–Kier alpha value is -4.19. The Bertz CT molecular complexity index is 1300. The summed E-state index contributed by atoms with van der Waals surface area (Å²) in [7, 11) is -3.78. The average Bonchev–Trinajstić information content (AvgIpc) is 3.59. The standard InChI is InChI=1S/C26H26N4O6S/c31-25(17-27-15-21-3-1-13-35-21)29-19-5-9-23(10-6-19)37(33,34)24-11-7-20(8-12-24)30-26(32)18-28-16-22-4-2-14-36-22/h1-14,27-28H,15-18H2,(H,29,31)(H,30,32). The first-order chi connectivity index (χ1) is 17.9. The number of hydrogen-bond acceptors (Lipinski definition) is 8. The van der Waals surface area contributed by atoms with Gasteiger partial charge in [0, 0.05) is 11.4 Å². The summed E-state index contributed by atoms with van der Waals surface area (Å²) < 4.78 is 36.4. The van der Waals surface area contributed by atoms with Gasteiger partial charge in [-0.05, 0) is 72.8 Å². The van der Waals surface area contributed by atoms with E-state index >= 15 is 0 Å². The van der Waals surface area contributed by atoms with Gasteiger partial charge < -0.3 is 30.1 Å². The van der Waals surface area contributed by atoms with Gasteiger partial charge >= 0.3 is 0 Å². The van der Waals surface area contributed by atoms with E-state index in [0.717, 1.165) is 11.5 Å². The van der Waals surface area contributed by atoms with Crippen LogP contribution < -0.4 is 21.3 Å². The smallest absolute Gasteiger partial charge is 0.238 e. The largest absolute Gasteiger partial charge is 0.468 e. The third-order valence-corrected chi connectivity index (χ3v) is 7.01. The van der Waals surface area contributed by atoms with Crippen LogP contribution in [0.5, 0.6) is 0 Å². The first-order valence-corrected chi connectivity index (χ1v) is 12.9. The molecule has 4 aromatic rings. The highest BCUT2D eigenvalue weighted by Gasteiger charge is 2.18. The lowest BCUT2D eigenvalue weighted by atomic mass is 10.3. The Balaban J connectivity index is 1.27. The molecule has 4 rings (SSSR count). The second-order valence-corrected chi connectivity index (χ2v) is 9.96. The summed E-state index contributed by atoms with van der Waals surface area (Å²) in [5.74, 6) is 0.902. The SMILES string of the molecule is O=C(CNCc1ccco1)Nc1ccc(S(=O)(=O)c2ccc(NC(=O)CNCc3ccco3)cc2)cc1. The highest BCUT2D eigenvalue weighted by atomic mass is 32.2. The van der Waals surface area contributed by atoms with Gasteiger partial charge in [-0.1, -0.05) is 0 Å². The molecule has 0 atom stereocenters.